The number of thiophene rings is 1. The van der Waals surface area contributed by atoms with Crippen LogP contribution < -0.4 is 0 Å². The van der Waals surface area contributed by atoms with Crippen LogP contribution in [0.3, 0.4) is 0 Å². The first kappa shape index (κ1) is 13.9. The molecule has 0 amide bonds. The molecule has 4 heteroatoms. The fourth-order valence-electron chi connectivity index (χ4n) is 2.64. The lowest BCUT2D eigenvalue weighted by Gasteiger charge is -2.25. The first-order valence-electron chi connectivity index (χ1n) is 6.38. The maximum atomic E-state index is 11.3. The number of hydrogen-bond donors (Lipinski definition) is 1. The van der Waals surface area contributed by atoms with Crippen LogP contribution in [0.2, 0.25) is 0 Å². The summed E-state index contributed by atoms with van der Waals surface area (Å²) in [5, 5.41) is 11.3. The summed E-state index contributed by atoms with van der Waals surface area (Å²) in [6, 6.07) is 6.13. The molecule has 2 aromatic rings. The highest BCUT2D eigenvalue weighted by Gasteiger charge is 2.24. The Morgan fingerprint density at radius 2 is 2.05 bits per heavy atom. The highest BCUT2D eigenvalue weighted by molar-refractivity contribution is 7.10. The van der Waals surface area contributed by atoms with Gasteiger partial charge >= 0.3 is 5.97 Å². The molecule has 0 bridgehead atoms. The van der Waals surface area contributed by atoms with Crippen molar-refractivity contribution in [2.24, 2.45) is 5.92 Å². The molecule has 0 spiro atoms. The van der Waals surface area contributed by atoms with Crippen LogP contribution in [-0.4, -0.2) is 15.6 Å². The second kappa shape index (κ2) is 5.21. The SMILES string of the molecule is Cc1cc(C(=O)O)c(C)n1C(c1cccs1)C(C)C. The summed E-state index contributed by atoms with van der Waals surface area (Å²) in [7, 11) is 0. The lowest BCUT2D eigenvalue weighted by Crippen LogP contribution is -2.18. The molecular weight excluding hydrogens is 258 g/mol. The molecule has 102 valence electrons. The molecule has 0 aromatic carbocycles. The van der Waals surface area contributed by atoms with Gasteiger partial charge in [-0.05, 0) is 37.3 Å². The lowest BCUT2D eigenvalue weighted by atomic mass is 10.0. The lowest BCUT2D eigenvalue weighted by molar-refractivity contribution is 0.0696. The summed E-state index contributed by atoms with van der Waals surface area (Å²) in [4.78, 5) is 12.5. The number of rotatable bonds is 4. The summed E-state index contributed by atoms with van der Waals surface area (Å²) in [6.07, 6.45) is 0. The molecule has 0 aliphatic rings. The summed E-state index contributed by atoms with van der Waals surface area (Å²) in [6.45, 7) is 8.20. The Kier molecular flexibility index (Phi) is 3.80. The number of hydrogen-bond acceptors (Lipinski definition) is 2. The van der Waals surface area contributed by atoms with Gasteiger partial charge in [-0.3, -0.25) is 0 Å². The normalized spacial score (nSPS) is 12.9. The second-order valence-electron chi connectivity index (χ2n) is 5.16. The van der Waals surface area contributed by atoms with Gasteiger partial charge in [-0.2, -0.15) is 0 Å². The zero-order chi connectivity index (χ0) is 14.2. The van der Waals surface area contributed by atoms with Crippen molar-refractivity contribution in [2.45, 2.75) is 33.7 Å². The number of nitrogens with zero attached hydrogens (tertiary/aromatic N) is 1. The van der Waals surface area contributed by atoms with E-state index in [-0.39, 0.29) is 6.04 Å². The van der Waals surface area contributed by atoms with E-state index >= 15 is 0 Å². The van der Waals surface area contributed by atoms with Crippen LogP contribution in [0.15, 0.2) is 23.6 Å². The molecule has 0 radical (unpaired) electrons. The number of aromatic carboxylic acids is 1. The number of carboxylic acids is 1. The molecule has 1 atom stereocenters. The van der Waals surface area contributed by atoms with Gasteiger partial charge in [-0.1, -0.05) is 19.9 Å². The minimum Gasteiger partial charge on any atom is -0.478 e. The van der Waals surface area contributed by atoms with Gasteiger partial charge < -0.3 is 9.67 Å². The zero-order valence-corrected chi connectivity index (χ0v) is 12.5. The van der Waals surface area contributed by atoms with E-state index in [4.69, 9.17) is 0 Å². The van der Waals surface area contributed by atoms with Gasteiger partial charge in [0, 0.05) is 16.3 Å². The topological polar surface area (TPSA) is 42.2 Å². The molecule has 0 aliphatic heterocycles. The Bertz CT molecular complexity index is 582. The molecule has 2 rings (SSSR count). The third-order valence-corrected chi connectivity index (χ3v) is 4.40. The van der Waals surface area contributed by atoms with E-state index in [1.807, 2.05) is 19.9 Å². The Balaban J connectivity index is 2.58. The van der Waals surface area contributed by atoms with Crippen LogP contribution >= 0.6 is 11.3 Å². The second-order valence-corrected chi connectivity index (χ2v) is 6.14. The Hall–Kier alpha value is -1.55. The van der Waals surface area contributed by atoms with Crippen LogP contribution in [0.5, 0.6) is 0 Å². The van der Waals surface area contributed by atoms with Crippen molar-refractivity contribution in [2.75, 3.05) is 0 Å². The summed E-state index contributed by atoms with van der Waals surface area (Å²) in [5.74, 6) is -0.446. The van der Waals surface area contributed by atoms with E-state index in [9.17, 15) is 9.90 Å². The Morgan fingerprint density at radius 1 is 1.37 bits per heavy atom. The van der Waals surface area contributed by atoms with E-state index in [0.29, 0.717) is 11.5 Å². The van der Waals surface area contributed by atoms with Crippen LogP contribution in [-0.2, 0) is 0 Å². The van der Waals surface area contributed by atoms with Gasteiger partial charge in [0.1, 0.15) is 0 Å². The van der Waals surface area contributed by atoms with Crippen molar-refractivity contribution in [3.8, 4) is 0 Å². The molecule has 0 fully saturated rings. The molecule has 19 heavy (non-hydrogen) atoms. The van der Waals surface area contributed by atoms with Crippen molar-refractivity contribution in [1.29, 1.82) is 0 Å². The average molecular weight is 277 g/mol. The minimum absolute atomic E-state index is 0.202. The molecule has 2 heterocycles. The molecule has 0 saturated carbocycles. The van der Waals surface area contributed by atoms with Crippen molar-refractivity contribution in [3.63, 3.8) is 0 Å². The maximum Gasteiger partial charge on any atom is 0.337 e. The van der Waals surface area contributed by atoms with Gasteiger partial charge in [0.2, 0.25) is 0 Å². The van der Waals surface area contributed by atoms with E-state index in [2.05, 4.69) is 29.9 Å². The summed E-state index contributed by atoms with van der Waals surface area (Å²) < 4.78 is 2.15. The maximum absolute atomic E-state index is 11.3. The molecule has 1 unspecified atom stereocenters. The Morgan fingerprint density at radius 3 is 2.47 bits per heavy atom. The highest BCUT2D eigenvalue weighted by Crippen LogP contribution is 2.33. The number of carboxylic acid groups (broad SMARTS) is 1. The molecule has 1 N–H and O–H groups in total. The standard InChI is InChI=1S/C15H19NO2S/c1-9(2)14(13-6-5-7-19-13)16-10(3)8-12(11(16)4)15(17)18/h5-9,14H,1-4H3,(H,17,18). The van der Waals surface area contributed by atoms with E-state index in [1.54, 1.807) is 17.4 Å². The number of carbonyl (C=O) groups is 1. The average Bonchev–Trinajstić information content (AvgIpc) is 2.92. The number of aryl methyl sites for hydroxylation is 1. The third kappa shape index (κ3) is 2.45. The van der Waals surface area contributed by atoms with Crippen molar-refractivity contribution in [1.82, 2.24) is 4.57 Å². The monoisotopic (exact) mass is 277 g/mol. The molecule has 0 aliphatic carbocycles. The quantitative estimate of drug-likeness (QED) is 0.913. The van der Waals surface area contributed by atoms with E-state index < -0.39 is 5.97 Å². The molecule has 2 aromatic heterocycles. The molecule has 3 nitrogen and oxygen atoms in total. The predicted molar refractivity (Wildman–Crippen MR) is 78.2 cm³/mol. The predicted octanol–water partition coefficient (Wildman–Crippen LogP) is 4.11. The van der Waals surface area contributed by atoms with Gasteiger partial charge in [0.15, 0.2) is 0 Å². The first-order chi connectivity index (χ1) is 8.93. The van der Waals surface area contributed by atoms with Crippen molar-refractivity contribution >= 4 is 17.3 Å². The van der Waals surface area contributed by atoms with Crippen LogP contribution in [0.1, 0.15) is 46.5 Å². The third-order valence-electron chi connectivity index (χ3n) is 3.46. The molecule has 0 saturated heterocycles. The van der Waals surface area contributed by atoms with Crippen LogP contribution in [0, 0.1) is 19.8 Å². The summed E-state index contributed by atoms with van der Waals surface area (Å²) >= 11 is 1.72. The smallest absolute Gasteiger partial charge is 0.337 e. The van der Waals surface area contributed by atoms with Crippen molar-refractivity contribution < 1.29 is 9.90 Å². The van der Waals surface area contributed by atoms with Gasteiger partial charge in [0.25, 0.3) is 0 Å². The number of aromatic nitrogens is 1. The fourth-order valence-corrected chi connectivity index (χ4v) is 3.62. The highest BCUT2D eigenvalue weighted by atomic mass is 32.1. The largest absolute Gasteiger partial charge is 0.478 e. The van der Waals surface area contributed by atoms with Gasteiger partial charge in [-0.25, -0.2) is 4.79 Å². The van der Waals surface area contributed by atoms with Crippen LogP contribution in [0.4, 0.5) is 0 Å². The van der Waals surface area contributed by atoms with Gasteiger partial charge in [0.05, 0.1) is 11.6 Å². The van der Waals surface area contributed by atoms with Crippen LogP contribution in [0.25, 0.3) is 0 Å². The van der Waals surface area contributed by atoms with Crippen molar-refractivity contribution in [3.05, 3.63) is 45.4 Å². The first-order valence-corrected chi connectivity index (χ1v) is 7.26. The minimum atomic E-state index is -0.854. The fraction of sp³-hybridized carbons (Fsp3) is 0.400. The van der Waals surface area contributed by atoms with Gasteiger partial charge in [-0.15, -0.1) is 11.3 Å². The summed E-state index contributed by atoms with van der Waals surface area (Å²) in [5.41, 5.74) is 2.24. The van der Waals surface area contributed by atoms with E-state index in [0.717, 1.165) is 11.4 Å². The van der Waals surface area contributed by atoms with E-state index in [1.165, 1.54) is 4.88 Å². The zero-order valence-electron chi connectivity index (χ0n) is 11.7. The molecular formula is C15H19NO2S. The Labute approximate surface area is 117 Å².